The largest absolute Gasteiger partial charge is 0.454 e. The van der Waals surface area contributed by atoms with E-state index in [4.69, 9.17) is 4.74 Å². The van der Waals surface area contributed by atoms with Crippen LogP contribution in [0.25, 0.3) is 0 Å². The van der Waals surface area contributed by atoms with Crippen LogP contribution in [-0.4, -0.2) is 52.7 Å². The van der Waals surface area contributed by atoms with Gasteiger partial charge >= 0.3 is 5.97 Å². The van der Waals surface area contributed by atoms with Gasteiger partial charge in [0.05, 0.1) is 6.42 Å². The third-order valence-electron chi connectivity index (χ3n) is 4.92. The lowest BCUT2D eigenvalue weighted by Crippen LogP contribution is -2.46. The molecule has 0 radical (unpaired) electrons. The van der Waals surface area contributed by atoms with Crippen molar-refractivity contribution in [3.8, 4) is 0 Å². The highest BCUT2D eigenvalue weighted by Gasteiger charge is 2.32. The van der Waals surface area contributed by atoms with Crippen molar-refractivity contribution in [3.63, 3.8) is 0 Å². The van der Waals surface area contributed by atoms with E-state index < -0.39 is 30.9 Å². The van der Waals surface area contributed by atoms with E-state index in [1.165, 1.54) is 0 Å². The van der Waals surface area contributed by atoms with Crippen LogP contribution in [0.15, 0.2) is 54.6 Å². The van der Waals surface area contributed by atoms with Crippen molar-refractivity contribution >= 4 is 23.7 Å². The third kappa shape index (κ3) is 4.92. The summed E-state index contributed by atoms with van der Waals surface area (Å²) in [5.41, 5.74) is 2.00. The van der Waals surface area contributed by atoms with E-state index in [0.29, 0.717) is 17.7 Å². The van der Waals surface area contributed by atoms with Crippen molar-refractivity contribution in [1.29, 1.82) is 0 Å². The van der Waals surface area contributed by atoms with Crippen LogP contribution in [0.3, 0.4) is 0 Å². The molecule has 2 aromatic carbocycles. The Hall–Kier alpha value is -3.48. The molecule has 0 aromatic heterocycles. The first-order valence-electron chi connectivity index (χ1n) is 9.78. The van der Waals surface area contributed by atoms with Gasteiger partial charge < -0.3 is 9.64 Å². The molecule has 0 saturated heterocycles. The summed E-state index contributed by atoms with van der Waals surface area (Å²) in [6.45, 7) is 3.20. The lowest BCUT2D eigenvalue weighted by Gasteiger charge is -2.27. The first-order valence-corrected chi connectivity index (χ1v) is 9.78. The zero-order valence-electron chi connectivity index (χ0n) is 17.0. The Kier molecular flexibility index (Phi) is 6.61. The fraction of sp³-hybridized carbons (Fsp3) is 0.304. The Bertz CT molecular complexity index is 955. The smallest absolute Gasteiger partial charge is 0.326 e. The second-order valence-electron chi connectivity index (χ2n) is 7.38. The van der Waals surface area contributed by atoms with Gasteiger partial charge in [-0.15, -0.1) is 0 Å². The Morgan fingerprint density at radius 2 is 1.70 bits per heavy atom. The number of amides is 3. The molecule has 1 aliphatic rings. The highest BCUT2D eigenvalue weighted by Crippen LogP contribution is 2.19. The molecule has 3 amide bonds. The number of benzene rings is 2. The van der Waals surface area contributed by atoms with E-state index in [2.05, 4.69) is 0 Å². The SMILES string of the molecule is CC(C)N(Cc1ccccc1)C(=O)COC(=O)CN1C(=O)Cc2ccccc2C1=O. The monoisotopic (exact) mass is 408 g/mol. The fourth-order valence-corrected chi connectivity index (χ4v) is 3.30. The van der Waals surface area contributed by atoms with Crippen molar-refractivity contribution < 1.29 is 23.9 Å². The molecule has 0 atom stereocenters. The molecule has 0 aliphatic carbocycles. The standard InChI is InChI=1S/C23H24N2O5/c1-16(2)24(13-17-8-4-3-5-9-17)21(27)15-30-22(28)14-25-20(26)12-18-10-6-7-11-19(18)23(25)29/h3-11,16H,12-15H2,1-2H3. The summed E-state index contributed by atoms with van der Waals surface area (Å²) in [6.07, 6.45) is 0.0479. The van der Waals surface area contributed by atoms with Crippen molar-refractivity contribution in [1.82, 2.24) is 9.80 Å². The average Bonchev–Trinajstić information content (AvgIpc) is 2.74. The number of rotatable bonds is 7. The van der Waals surface area contributed by atoms with Gasteiger partial charge in [0.25, 0.3) is 11.8 Å². The number of ether oxygens (including phenoxy) is 1. The number of carbonyl (C=O) groups is 4. The van der Waals surface area contributed by atoms with E-state index in [-0.39, 0.29) is 18.4 Å². The van der Waals surface area contributed by atoms with Crippen LogP contribution in [0.1, 0.15) is 35.3 Å². The summed E-state index contributed by atoms with van der Waals surface area (Å²) < 4.78 is 5.08. The number of imide groups is 1. The van der Waals surface area contributed by atoms with Crippen LogP contribution in [0.2, 0.25) is 0 Å². The van der Waals surface area contributed by atoms with Gasteiger partial charge in [-0.2, -0.15) is 0 Å². The first kappa shape index (κ1) is 21.2. The number of esters is 1. The van der Waals surface area contributed by atoms with Gasteiger partial charge in [0.2, 0.25) is 5.91 Å². The number of carbonyl (C=O) groups excluding carboxylic acids is 4. The van der Waals surface area contributed by atoms with Crippen LogP contribution < -0.4 is 0 Å². The Morgan fingerprint density at radius 3 is 2.40 bits per heavy atom. The van der Waals surface area contributed by atoms with Crippen molar-refractivity contribution in [2.45, 2.75) is 32.9 Å². The predicted molar refractivity (Wildman–Crippen MR) is 109 cm³/mol. The predicted octanol–water partition coefficient (Wildman–Crippen LogP) is 2.19. The molecular weight excluding hydrogens is 384 g/mol. The van der Waals surface area contributed by atoms with E-state index in [0.717, 1.165) is 10.5 Å². The molecule has 156 valence electrons. The molecule has 7 heteroatoms. The normalized spacial score (nSPS) is 13.2. The highest BCUT2D eigenvalue weighted by molar-refractivity contribution is 6.11. The molecule has 0 bridgehead atoms. The molecule has 30 heavy (non-hydrogen) atoms. The minimum Gasteiger partial charge on any atom is -0.454 e. The van der Waals surface area contributed by atoms with Gasteiger partial charge in [-0.05, 0) is 31.0 Å². The van der Waals surface area contributed by atoms with Crippen LogP contribution in [-0.2, 0) is 32.1 Å². The number of nitrogens with zero attached hydrogens (tertiary/aromatic N) is 2. The summed E-state index contributed by atoms with van der Waals surface area (Å²) in [5.74, 6) is -2.13. The molecule has 3 rings (SSSR count). The van der Waals surface area contributed by atoms with Gasteiger partial charge in [-0.3, -0.25) is 24.1 Å². The second-order valence-corrected chi connectivity index (χ2v) is 7.38. The van der Waals surface area contributed by atoms with E-state index in [1.807, 2.05) is 44.2 Å². The van der Waals surface area contributed by atoms with Gasteiger partial charge in [-0.1, -0.05) is 48.5 Å². The molecule has 1 aliphatic heterocycles. The lowest BCUT2D eigenvalue weighted by atomic mass is 9.98. The Labute approximate surface area is 175 Å². The summed E-state index contributed by atoms with van der Waals surface area (Å²) in [7, 11) is 0. The molecule has 1 heterocycles. The first-order chi connectivity index (χ1) is 14.4. The maximum atomic E-state index is 12.6. The molecule has 0 spiro atoms. The van der Waals surface area contributed by atoms with Gasteiger partial charge in [-0.25, -0.2) is 0 Å². The maximum Gasteiger partial charge on any atom is 0.326 e. The summed E-state index contributed by atoms with van der Waals surface area (Å²) in [6, 6.07) is 16.2. The van der Waals surface area contributed by atoms with Crippen LogP contribution >= 0.6 is 0 Å². The highest BCUT2D eigenvalue weighted by atomic mass is 16.5. The summed E-state index contributed by atoms with van der Waals surface area (Å²) in [4.78, 5) is 52.1. The second kappa shape index (κ2) is 9.35. The zero-order chi connectivity index (χ0) is 21.7. The van der Waals surface area contributed by atoms with Crippen LogP contribution in [0, 0.1) is 0 Å². The fourth-order valence-electron chi connectivity index (χ4n) is 3.30. The molecule has 2 aromatic rings. The summed E-state index contributed by atoms with van der Waals surface area (Å²) >= 11 is 0. The van der Waals surface area contributed by atoms with E-state index in [1.54, 1.807) is 29.2 Å². The molecule has 0 fully saturated rings. The van der Waals surface area contributed by atoms with Crippen molar-refractivity contribution in [3.05, 3.63) is 71.3 Å². The van der Waals surface area contributed by atoms with Gasteiger partial charge in [0.15, 0.2) is 6.61 Å². The van der Waals surface area contributed by atoms with Crippen LogP contribution in [0.5, 0.6) is 0 Å². The number of fused-ring (bicyclic) bond motifs is 1. The number of hydrogen-bond acceptors (Lipinski definition) is 5. The third-order valence-corrected chi connectivity index (χ3v) is 4.92. The quantitative estimate of drug-likeness (QED) is 0.518. The van der Waals surface area contributed by atoms with Crippen LogP contribution in [0.4, 0.5) is 0 Å². The zero-order valence-corrected chi connectivity index (χ0v) is 17.0. The molecule has 7 nitrogen and oxygen atoms in total. The molecule has 0 N–H and O–H groups in total. The molecule has 0 unspecified atom stereocenters. The minimum atomic E-state index is -0.798. The van der Waals surface area contributed by atoms with Crippen molar-refractivity contribution in [2.75, 3.05) is 13.2 Å². The van der Waals surface area contributed by atoms with E-state index >= 15 is 0 Å². The van der Waals surface area contributed by atoms with E-state index in [9.17, 15) is 19.2 Å². The van der Waals surface area contributed by atoms with Gasteiger partial charge in [0, 0.05) is 18.2 Å². The average molecular weight is 408 g/mol. The lowest BCUT2D eigenvalue weighted by molar-refractivity contribution is -0.154. The Balaban J connectivity index is 1.57. The minimum absolute atomic E-state index is 0.0479. The van der Waals surface area contributed by atoms with Crippen molar-refractivity contribution in [2.24, 2.45) is 0 Å². The molecule has 0 saturated carbocycles. The summed E-state index contributed by atoms with van der Waals surface area (Å²) in [5, 5.41) is 0. The topological polar surface area (TPSA) is 84.0 Å². The van der Waals surface area contributed by atoms with Gasteiger partial charge in [0.1, 0.15) is 6.54 Å². The maximum absolute atomic E-state index is 12.6. The molecular formula is C23H24N2O5. The Morgan fingerprint density at radius 1 is 1.03 bits per heavy atom. The number of hydrogen-bond donors (Lipinski definition) is 0.